The van der Waals surface area contributed by atoms with Gasteiger partial charge in [0.25, 0.3) is 5.91 Å². The van der Waals surface area contributed by atoms with Crippen molar-refractivity contribution in [3.05, 3.63) is 87.2 Å². The van der Waals surface area contributed by atoms with Crippen molar-refractivity contribution in [2.45, 2.75) is 13.8 Å². The molecule has 1 amide bonds. The van der Waals surface area contributed by atoms with Crippen LogP contribution in [0.3, 0.4) is 0 Å². The van der Waals surface area contributed by atoms with E-state index in [2.05, 4.69) is 5.32 Å². The molecule has 0 spiro atoms. The second-order valence-corrected chi connectivity index (χ2v) is 7.15. The van der Waals surface area contributed by atoms with Gasteiger partial charge in [0.2, 0.25) is 0 Å². The highest BCUT2D eigenvalue weighted by Gasteiger charge is 2.14. The van der Waals surface area contributed by atoms with Crippen molar-refractivity contribution in [2.24, 2.45) is 0 Å². The van der Waals surface area contributed by atoms with Gasteiger partial charge in [0.1, 0.15) is 11.6 Å². The van der Waals surface area contributed by atoms with Crippen LogP contribution in [0.25, 0.3) is 11.8 Å². The van der Waals surface area contributed by atoms with E-state index in [1.807, 2.05) is 54.8 Å². The highest BCUT2D eigenvalue weighted by atomic mass is 35.5. The topological polar surface area (TPSA) is 57.8 Å². The summed E-state index contributed by atoms with van der Waals surface area (Å²) in [4.78, 5) is 12.5. The number of carbonyl (C=O) groups excluding carboxylic acids is 1. The molecule has 0 atom stereocenters. The molecule has 2 aromatic carbocycles. The molecule has 1 aromatic heterocycles. The third-order valence-electron chi connectivity index (χ3n) is 4.28. The zero-order valence-electron chi connectivity index (χ0n) is 15.3. The molecule has 1 heterocycles. The average Bonchev–Trinajstić information content (AvgIpc) is 2.92. The van der Waals surface area contributed by atoms with Gasteiger partial charge in [-0.25, -0.2) is 0 Å². The Morgan fingerprint density at radius 3 is 2.39 bits per heavy atom. The smallest absolute Gasteiger partial charge is 0.266 e. The van der Waals surface area contributed by atoms with Gasteiger partial charge in [0.15, 0.2) is 0 Å². The lowest BCUT2D eigenvalue weighted by atomic mass is 10.1. The Kier molecular flexibility index (Phi) is 5.89. The highest BCUT2D eigenvalue weighted by Crippen LogP contribution is 2.25. The molecule has 0 saturated heterocycles. The molecule has 0 aliphatic rings. The van der Waals surface area contributed by atoms with E-state index in [0.29, 0.717) is 15.7 Å². The molecule has 0 aliphatic heterocycles. The van der Waals surface area contributed by atoms with Gasteiger partial charge in [0, 0.05) is 32.8 Å². The molecule has 3 aromatic rings. The maximum absolute atomic E-state index is 12.5. The second-order valence-electron chi connectivity index (χ2n) is 6.28. The fourth-order valence-corrected chi connectivity index (χ4v) is 3.39. The number of nitrogens with zero attached hydrogens (tertiary/aromatic N) is 2. The molecule has 0 saturated carbocycles. The minimum absolute atomic E-state index is 0.00585. The fourth-order valence-electron chi connectivity index (χ4n) is 3.02. The maximum Gasteiger partial charge on any atom is 0.266 e. The molecule has 0 unspecified atom stereocenters. The van der Waals surface area contributed by atoms with E-state index >= 15 is 0 Å². The number of halogens is 2. The zero-order chi connectivity index (χ0) is 20.3. The summed E-state index contributed by atoms with van der Waals surface area (Å²) in [6, 6.07) is 18.2. The lowest BCUT2D eigenvalue weighted by Crippen LogP contribution is -2.13. The Hall–Kier alpha value is -3.00. The van der Waals surface area contributed by atoms with Gasteiger partial charge < -0.3 is 9.88 Å². The van der Waals surface area contributed by atoms with Crippen LogP contribution in [0.5, 0.6) is 0 Å². The Morgan fingerprint density at radius 1 is 1.07 bits per heavy atom. The summed E-state index contributed by atoms with van der Waals surface area (Å²) in [6.45, 7) is 3.90. The van der Waals surface area contributed by atoms with E-state index in [4.69, 9.17) is 23.2 Å². The van der Waals surface area contributed by atoms with E-state index in [-0.39, 0.29) is 5.57 Å². The Morgan fingerprint density at radius 2 is 1.75 bits per heavy atom. The maximum atomic E-state index is 12.5. The van der Waals surface area contributed by atoms with Crippen molar-refractivity contribution < 1.29 is 4.79 Å². The van der Waals surface area contributed by atoms with Crippen LogP contribution in [0.15, 0.2) is 60.2 Å². The van der Waals surface area contributed by atoms with Crippen LogP contribution in [0.1, 0.15) is 17.0 Å². The molecule has 0 fully saturated rings. The molecule has 140 valence electrons. The van der Waals surface area contributed by atoms with Crippen molar-refractivity contribution in [3.63, 3.8) is 0 Å². The molecule has 3 rings (SSSR count). The van der Waals surface area contributed by atoms with Gasteiger partial charge in [-0.2, -0.15) is 5.26 Å². The summed E-state index contributed by atoms with van der Waals surface area (Å²) >= 11 is 12.1. The predicted octanol–water partition coefficient (Wildman–Crippen LogP) is 5.95. The van der Waals surface area contributed by atoms with E-state index < -0.39 is 5.91 Å². The van der Waals surface area contributed by atoms with E-state index in [9.17, 15) is 10.1 Å². The van der Waals surface area contributed by atoms with Gasteiger partial charge in [0.05, 0.1) is 0 Å². The quantitative estimate of drug-likeness (QED) is 0.427. The Bertz CT molecular complexity index is 1120. The first kappa shape index (κ1) is 19.8. The summed E-state index contributed by atoms with van der Waals surface area (Å²) in [6.07, 6.45) is 1.59. The van der Waals surface area contributed by atoms with Gasteiger partial charge in [-0.1, -0.05) is 35.3 Å². The largest absolute Gasteiger partial charge is 0.321 e. The number of benzene rings is 2. The number of nitriles is 1. The predicted molar refractivity (Wildman–Crippen MR) is 114 cm³/mol. The summed E-state index contributed by atoms with van der Waals surface area (Å²) in [5.41, 5.74) is 4.12. The third-order valence-corrected chi connectivity index (χ3v) is 4.75. The van der Waals surface area contributed by atoms with Crippen molar-refractivity contribution in [1.29, 1.82) is 5.26 Å². The summed E-state index contributed by atoms with van der Waals surface area (Å²) < 4.78 is 2.03. The second kappa shape index (κ2) is 8.35. The zero-order valence-corrected chi connectivity index (χ0v) is 16.8. The number of anilines is 1. The van der Waals surface area contributed by atoms with Crippen LogP contribution < -0.4 is 5.32 Å². The van der Waals surface area contributed by atoms with Crippen LogP contribution >= 0.6 is 23.2 Å². The number of nitrogens with one attached hydrogen (secondary N) is 1. The third kappa shape index (κ3) is 4.28. The number of aryl methyl sites for hydroxylation is 1. The van der Waals surface area contributed by atoms with Gasteiger partial charge in [-0.3, -0.25) is 4.79 Å². The minimum atomic E-state index is -0.489. The van der Waals surface area contributed by atoms with Gasteiger partial charge in [-0.15, -0.1) is 0 Å². The SMILES string of the molecule is Cc1cc(/C=C(\C#N)C(=O)Nc2cccc(Cl)c2)c(C)n1-c1cccc(Cl)c1. The van der Waals surface area contributed by atoms with Crippen molar-refractivity contribution in [2.75, 3.05) is 5.32 Å². The first-order valence-corrected chi connectivity index (χ1v) is 9.28. The van der Waals surface area contributed by atoms with E-state index in [1.165, 1.54) is 0 Å². The molecular formula is C22H17Cl2N3O. The number of aromatic nitrogens is 1. The number of hydrogen-bond acceptors (Lipinski definition) is 2. The Labute approximate surface area is 173 Å². The number of carbonyl (C=O) groups is 1. The average molecular weight is 410 g/mol. The molecule has 1 N–H and O–H groups in total. The molecular weight excluding hydrogens is 393 g/mol. The number of amides is 1. The van der Waals surface area contributed by atoms with Crippen LogP contribution in [-0.4, -0.2) is 10.5 Å². The van der Waals surface area contributed by atoms with Gasteiger partial charge >= 0.3 is 0 Å². The highest BCUT2D eigenvalue weighted by molar-refractivity contribution is 6.31. The molecule has 6 heteroatoms. The number of hydrogen-bond donors (Lipinski definition) is 1. The fraction of sp³-hybridized carbons (Fsp3) is 0.0909. The van der Waals surface area contributed by atoms with Crippen LogP contribution in [-0.2, 0) is 4.79 Å². The van der Waals surface area contributed by atoms with Crippen LogP contribution in [0.4, 0.5) is 5.69 Å². The molecule has 0 bridgehead atoms. The lowest BCUT2D eigenvalue weighted by molar-refractivity contribution is -0.112. The molecule has 28 heavy (non-hydrogen) atoms. The van der Waals surface area contributed by atoms with Crippen LogP contribution in [0.2, 0.25) is 10.0 Å². The van der Waals surface area contributed by atoms with Crippen molar-refractivity contribution >= 4 is 40.9 Å². The standard InChI is InChI=1S/C22H17Cl2N3O/c1-14-9-16(15(2)27(14)21-8-4-6-19(24)12-21)10-17(13-25)22(28)26-20-7-3-5-18(23)11-20/h3-12H,1-2H3,(H,26,28)/b17-10+. The Balaban J connectivity index is 1.94. The van der Waals surface area contributed by atoms with Crippen molar-refractivity contribution in [3.8, 4) is 11.8 Å². The summed E-state index contributed by atoms with van der Waals surface area (Å²) in [5.74, 6) is -0.489. The number of rotatable bonds is 4. The van der Waals surface area contributed by atoms with E-state index in [0.717, 1.165) is 22.6 Å². The first-order valence-electron chi connectivity index (χ1n) is 8.52. The normalized spacial score (nSPS) is 11.2. The van der Waals surface area contributed by atoms with Crippen LogP contribution in [0, 0.1) is 25.2 Å². The monoisotopic (exact) mass is 409 g/mol. The first-order chi connectivity index (χ1) is 13.4. The lowest BCUT2D eigenvalue weighted by Gasteiger charge is -2.10. The molecule has 0 aliphatic carbocycles. The summed E-state index contributed by atoms with van der Waals surface area (Å²) in [5, 5.41) is 13.3. The van der Waals surface area contributed by atoms with E-state index in [1.54, 1.807) is 30.3 Å². The summed E-state index contributed by atoms with van der Waals surface area (Å²) in [7, 11) is 0. The minimum Gasteiger partial charge on any atom is -0.321 e. The molecule has 0 radical (unpaired) electrons. The molecule has 4 nitrogen and oxygen atoms in total. The van der Waals surface area contributed by atoms with Crippen molar-refractivity contribution in [1.82, 2.24) is 4.57 Å². The van der Waals surface area contributed by atoms with Gasteiger partial charge in [-0.05, 0) is 68.0 Å².